The monoisotopic (exact) mass is 370 g/mol. The molecule has 0 spiro atoms. The zero-order valence-electron chi connectivity index (χ0n) is 13.8. The highest BCUT2D eigenvalue weighted by Gasteiger charge is 2.23. The van der Waals surface area contributed by atoms with Gasteiger partial charge in [-0.3, -0.25) is 13.8 Å². The normalized spacial score (nSPS) is 20.9. The molecular weight excluding hydrogens is 347 g/mol. The van der Waals surface area contributed by atoms with Gasteiger partial charge in [-0.1, -0.05) is 6.07 Å². The summed E-state index contributed by atoms with van der Waals surface area (Å²) in [7, 11) is 0. The molecule has 0 unspecified atom stereocenters. The van der Waals surface area contributed by atoms with Crippen molar-refractivity contribution in [3.05, 3.63) is 34.2 Å². The summed E-state index contributed by atoms with van der Waals surface area (Å²) in [5.74, 6) is 1.26. The van der Waals surface area contributed by atoms with Gasteiger partial charge in [-0.15, -0.1) is 24.8 Å². The molecule has 7 heteroatoms. The number of rotatable bonds is 3. The molecule has 1 aliphatic carbocycles. The maximum atomic E-state index is 12.8. The van der Waals surface area contributed by atoms with Crippen LogP contribution < -0.4 is 11.3 Å². The predicted octanol–water partition coefficient (Wildman–Crippen LogP) is 3.00. The van der Waals surface area contributed by atoms with E-state index in [9.17, 15) is 4.79 Å². The van der Waals surface area contributed by atoms with Gasteiger partial charge in [0.05, 0.1) is 5.69 Å². The molecule has 0 amide bonds. The summed E-state index contributed by atoms with van der Waals surface area (Å²) in [4.78, 5) is 17.3. The van der Waals surface area contributed by atoms with Crippen LogP contribution in [0.3, 0.4) is 0 Å². The summed E-state index contributed by atoms with van der Waals surface area (Å²) in [6, 6.07) is 5.97. The number of aromatic nitrogens is 3. The Hall–Kier alpha value is -1.30. The third-order valence-electron chi connectivity index (χ3n) is 5.26. The summed E-state index contributed by atoms with van der Waals surface area (Å²) in [5.41, 5.74) is 9.28. The Morgan fingerprint density at radius 1 is 1.17 bits per heavy atom. The summed E-state index contributed by atoms with van der Waals surface area (Å²) in [6.45, 7) is 3.53. The maximum absolute atomic E-state index is 12.8. The Labute approximate surface area is 153 Å². The topological polar surface area (TPSA) is 65.3 Å². The fourth-order valence-electron chi connectivity index (χ4n) is 3.97. The summed E-state index contributed by atoms with van der Waals surface area (Å²) < 4.78 is 3.95. The zero-order chi connectivity index (χ0) is 15.3. The minimum absolute atomic E-state index is 0. The van der Waals surface area contributed by atoms with Crippen molar-refractivity contribution in [2.75, 3.05) is 6.54 Å². The molecule has 1 aliphatic rings. The Morgan fingerprint density at radius 2 is 1.83 bits per heavy atom. The molecule has 0 atom stereocenters. The number of hydrogen-bond acceptors (Lipinski definition) is 3. The number of imidazole rings is 2. The molecule has 0 aliphatic heterocycles. The van der Waals surface area contributed by atoms with Crippen molar-refractivity contribution >= 4 is 41.6 Å². The van der Waals surface area contributed by atoms with Crippen LogP contribution in [0.15, 0.2) is 23.0 Å². The molecule has 132 valence electrons. The number of aryl methyl sites for hydroxylation is 1. The molecule has 0 bridgehead atoms. The van der Waals surface area contributed by atoms with Crippen LogP contribution >= 0.6 is 24.8 Å². The van der Waals surface area contributed by atoms with Crippen molar-refractivity contribution in [2.45, 2.75) is 39.2 Å². The van der Waals surface area contributed by atoms with E-state index in [0.717, 1.165) is 35.6 Å². The zero-order valence-corrected chi connectivity index (χ0v) is 15.4. The fraction of sp³-hybridized carbons (Fsp3) is 0.529. The molecule has 24 heavy (non-hydrogen) atoms. The van der Waals surface area contributed by atoms with Crippen LogP contribution in [0.25, 0.3) is 16.8 Å². The predicted molar refractivity (Wildman–Crippen MR) is 102 cm³/mol. The van der Waals surface area contributed by atoms with Crippen LogP contribution in [0.4, 0.5) is 0 Å². The maximum Gasteiger partial charge on any atom is 0.278 e. The molecule has 0 saturated heterocycles. The molecule has 3 heterocycles. The second-order valence-electron chi connectivity index (χ2n) is 6.66. The average Bonchev–Trinajstić information content (AvgIpc) is 3.02. The van der Waals surface area contributed by atoms with Crippen LogP contribution in [0.5, 0.6) is 0 Å². The largest absolute Gasteiger partial charge is 0.330 e. The molecule has 3 aromatic heterocycles. The smallest absolute Gasteiger partial charge is 0.278 e. The van der Waals surface area contributed by atoms with Crippen LogP contribution in [-0.2, 0) is 6.54 Å². The van der Waals surface area contributed by atoms with Crippen molar-refractivity contribution in [3.8, 4) is 0 Å². The second-order valence-corrected chi connectivity index (χ2v) is 6.66. The number of halogens is 2. The molecule has 3 aromatic rings. The van der Waals surface area contributed by atoms with Gasteiger partial charge in [-0.25, -0.2) is 4.98 Å². The Kier molecular flexibility index (Phi) is 5.78. The SMILES string of the molecule is Cc1nc2cccc3n(C[C@H]4CC[C@H](CN)CC4)c(=O)c1n23.Cl.Cl. The summed E-state index contributed by atoms with van der Waals surface area (Å²) in [5, 5.41) is 0. The molecular formula is C17H24Cl2N4O. The molecule has 1 saturated carbocycles. The summed E-state index contributed by atoms with van der Waals surface area (Å²) in [6.07, 6.45) is 4.74. The lowest BCUT2D eigenvalue weighted by Crippen LogP contribution is -2.26. The molecule has 0 radical (unpaired) electrons. The highest BCUT2D eigenvalue weighted by atomic mass is 35.5. The van der Waals surface area contributed by atoms with Gasteiger partial charge in [-0.2, -0.15) is 0 Å². The van der Waals surface area contributed by atoms with Gasteiger partial charge in [-0.05, 0) is 63.1 Å². The molecule has 1 fully saturated rings. The quantitative estimate of drug-likeness (QED) is 0.770. The molecule has 4 rings (SSSR count). The van der Waals surface area contributed by atoms with Crippen molar-refractivity contribution in [2.24, 2.45) is 17.6 Å². The first-order valence-corrected chi connectivity index (χ1v) is 8.19. The Bertz CT molecular complexity index is 864. The third kappa shape index (κ3) is 2.89. The van der Waals surface area contributed by atoms with Crippen molar-refractivity contribution in [1.82, 2.24) is 14.0 Å². The van der Waals surface area contributed by atoms with Crippen LogP contribution in [0.1, 0.15) is 31.4 Å². The standard InChI is InChI=1S/C17H22N4O.2ClH/c1-11-16-17(22)20(10-13-7-5-12(9-18)6-8-13)15-4-2-3-14(19-11)21(15)16;;/h2-4,12-13H,5-10,18H2,1H3;2*1H/t12-,13-;;. The van der Waals surface area contributed by atoms with E-state index < -0.39 is 0 Å². The minimum atomic E-state index is 0. The highest BCUT2D eigenvalue weighted by Crippen LogP contribution is 2.29. The van der Waals surface area contributed by atoms with Crippen LogP contribution in [0.2, 0.25) is 0 Å². The van der Waals surface area contributed by atoms with E-state index in [1.807, 2.05) is 34.1 Å². The second kappa shape index (κ2) is 7.30. The van der Waals surface area contributed by atoms with Crippen molar-refractivity contribution in [3.63, 3.8) is 0 Å². The van der Waals surface area contributed by atoms with E-state index in [0.29, 0.717) is 11.8 Å². The summed E-state index contributed by atoms with van der Waals surface area (Å²) >= 11 is 0. The van der Waals surface area contributed by atoms with Gasteiger partial charge in [0.25, 0.3) is 5.56 Å². The Morgan fingerprint density at radius 3 is 2.50 bits per heavy atom. The number of nitrogens with zero attached hydrogens (tertiary/aromatic N) is 3. The van der Waals surface area contributed by atoms with E-state index >= 15 is 0 Å². The van der Waals surface area contributed by atoms with E-state index in [1.165, 1.54) is 25.7 Å². The van der Waals surface area contributed by atoms with Crippen LogP contribution in [0, 0.1) is 18.8 Å². The van der Waals surface area contributed by atoms with E-state index in [2.05, 4.69) is 4.98 Å². The molecule has 5 nitrogen and oxygen atoms in total. The van der Waals surface area contributed by atoms with Gasteiger partial charge in [0.15, 0.2) is 0 Å². The minimum Gasteiger partial charge on any atom is -0.330 e. The van der Waals surface area contributed by atoms with Gasteiger partial charge in [0.2, 0.25) is 0 Å². The first-order valence-electron chi connectivity index (χ1n) is 8.19. The fourth-order valence-corrected chi connectivity index (χ4v) is 3.97. The lowest BCUT2D eigenvalue weighted by molar-refractivity contribution is 0.257. The average molecular weight is 371 g/mol. The van der Waals surface area contributed by atoms with Crippen molar-refractivity contribution in [1.29, 1.82) is 0 Å². The Balaban J connectivity index is 0.00000104. The third-order valence-corrected chi connectivity index (χ3v) is 5.26. The lowest BCUT2D eigenvalue weighted by Gasteiger charge is -2.27. The van der Waals surface area contributed by atoms with E-state index in [1.54, 1.807) is 0 Å². The number of pyridine rings is 1. The molecule has 0 aromatic carbocycles. The first kappa shape index (κ1) is 19.0. The van der Waals surface area contributed by atoms with Crippen LogP contribution in [-0.4, -0.2) is 20.5 Å². The van der Waals surface area contributed by atoms with E-state index in [4.69, 9.17) is 5.73 Å². The molecule has 2 N–H and O–H groups in total. The number of nitrogens with two attached hydrogens (primary N) is 1. The van der Waals surface area contributed by atoms with Gasteiger partial charge < -0.3 is 5.73 Å². The van der Waals surface area contributed by atoms with Gasteiger partial charge >= 0.3 is 0 Å². The van der Waals surface area contributed by atoms with Gasteiger partial charge in [0.1, 0.15) is 16.8 Å². The van der Waals surface area contributed by atoms with E-state index in [-0.39, 0.29) is 30.4 Å². The first-order chi connectivity index (χ1) is 10.7. The van der Waals surface area contributed by atoms with Gasteiger partial charge in [0, 0.05) is 6.54 Å². The lowest BCUT2D eigenvalue weighted by atomic mass is 9.82. The van der Waals surface area contributed by atoms with Crippen molar-refractivity contribution < 1.29 is 0 Å². The highest BCUT2D eigenvalue weighted by molar-refractivity contribution is 5.85. The number of hydrogen-bond donors (Lipinski definition) is 1.